The maximum atomic E-state index is 8.53. The van der Waals surface area contributed by atoms with E-state index >= 15 is 0 Å². The summed E-state index contributed by atoms with van der Waals surface area (Å²) in [5, 5.41) is 9.52. The van der Waals surface area contributed by atoms with Gasteiger partial charge < -0.3 is 5.73 Å². The predicted molar refractivity (Wildman–Crippen MR) is 49.0 cm³/mol. The second kappa shape index (κ2) is 3.77. The van der Waals surface area contributed by atoms with Crippen LogP contribution < -0.4 is 5.73 Å². The van der Waals surface area contributed by atoms with Crippen LogP contribution in [0.5, 0.6) is 0 Å². The van der Waals surface area contributed by atoms with Crippen molar-refractivity contribution in [1.29, 1.82) is 5.26 Å². The first kappa shape index (κ1) is 9.34. The van der Waals surface area contributed by atoms with Crippen LogP contribution in [-0.2, 0) is 0 Å². The van der Waals surface area contributed by atoms with Crippen molar-refractivity contribution in [2.24, 2.45) is 5.73 Å². The predicted octanol–water partition coefficient (Wildman–Crippen LogP) is 2.52. The zero-order valence-electron chi connectivity index (χ0n) is 6.09. The van der Waals surface area contributed by atoms with Gasteiger partial charge in [0.1, 0.15) is 6.04 Å². The van der Waals surface area contributed by atoms with Crippen LogP contribution in [0.1, 0.15) is 11.6 Å². The molecule has 0 spiro atoms. The highest BCUT2D eigenvalue weighted by molar-refractivity contribution is 6.33. The largest absolute Gasteiger partial charge is 0.312 e. The van der Waals surface area contributed by atoms with Gasteiger partial charge in [-0.3, -0.25) is 0 Å². The highest BCUT2D eigenvalue weighted by Gasteiger charge is 2.08. The Labute approximate surface area is 80.5 Å². The number of nitrogens with zero attached hydrogens (tertiary/aromatic N) is 1. The normalized spacial score (nSPS) is 12.2. The van der Waals surface area contributed by atoms with Crippen LogP contribution in [0.3, 0.4) is 0 Å². The fourth-order valence-electron chi connectivity index (χ4n) is 0.822. The number of hydrogen-bond acceptors (Lipinski definition) is 2. The summed E-state index contributed by atoms with van der Waals surface area (Å²) in [5.41, 5.74) is 6.02. The summed E-state index contributed by atoms with van der Waals surface area (Å²) >= 11 is 11.5. The monoisotopic (exact) mass is 200 g/mol. The van der Waals surface area contributed by atoms with Gasteiger partial charge in [-0.25, -0.2) is 0 Å². The highest BCUT2D eigenvalue weighted by atomic mass is 35.5. The van der Waals surface area contributed by atoms with Crippen molar-refractivity contribution in [2.45, 2.75) is 6.04 Å². The molecule has 0 aromatic heterocycles. The van der Waals surface area contributed by atoms with Gasteiger partial charge in [0.15, 0.2) is 0 Å². The third kappa shape index (κ3) is 1.89. The third-order valence-corrected chi connectivity index (χ3v) is 2.01. The number of hydrogen-bond donors (Lipinski definition) is 1. The first-order chi connectivity index (χ1) is 5.65. The van der Waals surface area contributed by atoms with Crippen LogP contribution in [0.4, 0.5) is 0 Å². The Bertz CT molecular complexity index is 330. The highest BCUT2D eigenvalue weighted by Crippen LogP contribution is 2.24. The summed E-state index contributed by atoms with van der Waals surface area (Å²) in [6.45, 7) is 0. The summed E-state index contributed by atoms with van der Waals surface area (Å²) in [7, 11) is 0. The molecule has 0 fully saturated rings. The van der Waals surface area contributed by atoms with Crippen LogP contribution in [-0.4, -0.2) is 0 Å². The Morgan fingerprint density at radius 2 is 2.08 bits per heavy atom. The molecule has 1 rings (SSSR count). The molecule has 62 valence electrons. The average Bonchev–Trinajstić information content (AvgIpc) is 2.08. The molecule has 12 heavy (non-hydrogen) atoms. The molecule has 0 amide bonds. The Kier molecular flexibility index (Phi) is 2.93. The van der Waals surface area contributed by atoms with Crippen LogP contribution >= 0.6 is 23.2 Å². The minimum atomic E-state index is -0.712. The summed E-state index contributed by atoms with van der Waals surface area (Å²) < 4.78 is 0. The first-order valence-electron chi connectivity index (χ1n) is 3.25. The van der Waals surface area contributed by atoms with Gasteiger partial charge in [-0.2, -0.15) is 5.26 Å². The van der Waals surface area contributed by atoms with E-state index in [9.17, 15) is 0 Å². The smallest absolute Gasteiger partial charge is 0.120 e. The minimum Gasteiger partial charge on any atom is -0.312 e. The van der Waals surface area contributed by atoms with Gasteiger partial charge in [0, 0.05) is 15.6 Å². The third-order valence-electron chi connectivity index (χ3n) is 1.43. The summed E-state index contributed by atoms with van der Waals surface area (Å²) in [6.07, 6.45) is 0. The molecule has 0 bridgehead atoms. The van der Waals surface area contributed by atoms with Crippen LogP contribution in [0, 0.1) is 11.3 Å². The average molecular weight is 201 g/mol. The van der Waals surface area contributed by atoms with E-state index in [1.54, 1.807) is 18.2 Å². The van der Waals surface area contributed by atoms with Gasteiger partial charge in [0.2, 0.25) is 0 Å². The number of nitriles is 1. The van der Waals surface area contributed by atoms with Crippen molar-refractivity contribution in [3.63, 3.8) is 0 Å². The lowest BCUT2D eigenvalue weighted by Gasteiger charge is -2.05. The number of halogens is 2. The molecule has 0 aliphatic rings. The van der Waals surface area contributed by atoms with E-state index in [-0.39, 0.29) is 0 Å². The minimum absolute atomic E-state index is 0.466. The molecule has 2 N–H and O–H groups in total. The molecular formula is C8H6Cl2N2. The Balaban J connectivity index is 3.15. The molecule has 1 aromatic rings. The van der Waals surface area contributed by atoms with E-state index in [4.69, 9.17) is 34.2 Å². The first-order valence-corrected chi connectivity index (χ1v) is 4.01. The van der Waals surface area contributed by atoms with Crippen LogP contribution in [0.15, 0.2) is 18.2 Å². The SMILES string of the molecule is N#C[C@@H](N)c1cc(Cl)ccc1Cl. The van der Waals surface area contributed by atoms with E-state index in [2.05, 4.69) is 0 Å². The van der Waals surface area contributed by atoms with E-state index in [1.165, 1.54) is 0 Å². The molecule has 1 atom stereocenters. The van der Waals surface area contributed by atoms with Gasteiger partial charge in [-0.05, 0) is 18.2 Å². The Hall–Kier alpha value is -0.750. The zero-order chi connectivity index (χ0) is 9.14. The fraction of sp³-hybridized carbons (Fsp3) is 0.125. The van der Waals surface area contributed by atoms with Gasteiger partial charge in [-0.1, -0.05) is 23.2 Å². The molecule has 0 unspecified atom stereocenters. The lowest BCUT2D eigenvalue weighted by atomic mass is 10.1. The molecule has 0 saturated carbocycles. The van der Waals surface area contributed by atoms with Gasteiger partial charge in [0.05, 0.1) is 6.07 Å². The van der Waals surface area contributed by atoms with Crippen molar-refractivity contribution in [3.05, 3.63) is 33.8 Å². The van der Waals surface area contributed by atoms with Gasteiger partial charge in [-0.15, -0.1) is 0 Å². The molecule has 0 heterocycles. The molecule has 0 aliphatic heterocycles. The Morgan fingerprint density at radius 1 is 1.42 bits per heavy atom. The number of benzene rings is 1. The van der Waals surface area contributed by atoms with E-state index < -0.39 is 6.04 Å². The maximum absolute atomic E-state index is 8.53. The second-order valence-electron chi connectivity index (χ2n) is 2.27. The molecular weight excluding hydrogens is 195 g/mol. The van der Waals surface area contributed by atoms with Crippen molar-refractivity contribution >= 4 is 23.2 Å². The summed E-state index contributed by atoms with van der Waals surface area (Å²) in [4.78, 5) is 0. The number of rotatable bonds is 1. The lowest BCUT2D eigenvalue weighted by molar-refractivity contribution is 0.927. The molecule has 0 radical (unpaired) electrons. The molecule has 2 nitrogen and oxygen atoms in total. The maximum Gasteiger partial charge on any atom is 0.120 e. The summed E-state index contributed by atoms with van der Waals surface area (Å²) in [5.74, 6) is 0. The van der Waals surface area contributed by atoms with Crippen LogP contribution in [0.25, 0.3) is 0 Å². The van der Waals surface area contributed by atoms with Crippen molar-refractivity contribution in [3.8, 4) is 6.07 Å². The summed E-state index contributed by atoms with van der Waals surface area (Å²) in [6, 6.07) is 6.04. The van der Waals surface area contributed by atoms with E-state index in [1.807, 2.05) is 6.07 Å². The van der Waals surface area contributed by atoms with E-state index in [0.717, 1.165) is 0 Å². The van der Waals surface area contributed by atoms with Crippen molar-refractivity contribution in [1.82, 2.24) is 0 Å². The molecule has 4 heteroatoms. The molecule has 0 aliphatic carbocycles. The molecule has 1 aromatic carbocycles. The zero-order valence-corrected chi connectivity index (χ0v) is 7.60. The van der Waals surface area contributed by atoms with Gasteiger partial charge >= 0.3 is 0 Å². The lowest BCUT2D eigenvalue weighted by Crippen LogP contribution is -2.07. The second-order valence-corrected chi connectivity index (χ2v) is 3.12. The topological polar surface area (TPSA) is 49.8 Å². The van der Waals surface area contributed by atoms with Gasteiger partial charge in [0.25, 0.3) is 0 Å². The standard InChI is InChI=1S/C8H6Cl2N2/c9-5-1-2-7(10)6(3-5)8(12)4-11/h1-3,8H,12H2/t8-/m1/s1. The van der Waals surface area contributed by atoms with Crippen molar-refractivity contribution < 1.29 is 0 Å². The van der Waals surface area contributed by atoms with Crippen molar-refractivity contribution in [2.75, 3.05) is 0 Å². The van der Waals surface area contributed by atoms with E-state index in [0.29, 0.717) is 15.6 Å². The molecule has 0 saturated heterocycles. The Morgan fingerprint density at radius 3 is 2.67 bits per heavy atom. The number of nitrogens with two attached hydrogens (primary N) is 1. The quantitative estimate of drug-likeness (QED) is 0.758. The van der Waals surface area contributed by atoms with Crippen LogP contribution in [0.2, 0.25) is 10.0 Å². The fourth-order valence-corrected chi connectivity index (χ4v) is 1.24.